The monoisotopic (exact) mass is 303 g/mol. The lowest BCUT2D eigenvalue weighted by molar-refractivity contribution is -0.0328. The Hall–Kier alpha value is -0.840. The summed E-state index contributed by atoms with van der Waals surface area (Å²) < 4.78 is 36.7. The first-order chi connectivity index (χ1) is 9.42. The van der Waals surface area contributed by atoms with Gasteiger partial charge in [0.1, 0.15) is 0 Å². The van der Waals surface area contributed by atoms with E-state index in [1.54, 1.807) is 12.1 Å². The lowest BCUT2D eigenvalue weighted by Crippen LogP contribution is -2.20. The third-order valence-electron chi connectivity index (χ3n) is 3.73. The summed E-state index contributed by atoms with van der Waals surface area (Å²) in [6.45, 7) is 3.20. The number of anilines is 1. The molecule has 1 fully saturated rings. The fourth-order valence-corrected chi connectivity index (χ4v) is 3.32. The van der Waals surface area contributed by atoms with Crippen molar-refractivity contribution in [2.75, 3.05) is 11.9 Å². The van der Waals surface area contributed by atoms with Crippen LogP contribution in [0.1, 0.15) is 32.6 Å². The van der Waals surface area contributed by atoms with E-state index in [4.69, 9.17) is 0 Å². The van der Waals surface area contributed by atoms with E-state index < -0.39 is 5.51 Å². The number of benzene rings is 1. The summed E-state index contributed by atoms with van der Waals surface area (Å²) in [6.07, 6.45) is 5.10. The molecule has 0 heterocycles. The smallest absolute Gasteiger partial charge is 0.385 e. The highest BCUT2D eigenvalue weighted by Crippen LogP contribution is 2.37. The van der Waals surface area contributed by atoms with Crippen molar-refractivity contribution in [3.8, 4) is 0 Å². The van der Waals surface area contributed by atoms with Gasteiger partial charge in [0.05, 0.1) is 0 Å². The molecule has 1 saturated carbocycles. The minimum atomic E-state index is -4.22. The molecule has 112 valence electrons. The molecule has 1 N–H and O–H groups in total. The van der Waals surface area contributed by atoms with Crippen LogP contribution >= 0.6 is 11.8 Å². The SMILES string of the molecule is CC1CCCC(CNc2ccc(SC(F)(F)F)cc2)C1. The number of nitrogens with one attached hydrogen (secondary N) is 1. The first kappa shape index (κ1) is 15.5. The van der Waals surface area contributed by atoms with Crippen molar-refractivity contribution in [3.63, 3.8) is 0 Å². The number of thioether (sulfide) groups is 1. The number of rotatable bonds is 4. The van der Waals surface area contributed by atoms with Gasteiger partial charge >= 0.3 is 5.51 Å². The highest BCUT2D eigenvalue weighted by atomic mass is 32.2. The van der Waals surface area contributed by atoms with Crippen LogP contribution in [0, 0.1) is 11.8 Å². The van der Waals surface area contributed by atoms with Crippen LogP contribution in [0.15, 0.2) is 29.2 Å². The van der Waals surface area contributed by atoms with Crippen molar-refractivity contribution in [2.24, 2.45) is 11.8 Å². The van der Waals surface area contributed by atoms with Gasteiger partial charge < -0.3 is 5.32 Å². The predicted molar refractivity (Wildman–Crippen MR) is 78.0 cm³/mol. The summed E-state index contributed by atoms with van der Waals surface area (Å²) >= 11 is -0.0719. The molecular formula is C15H20F3NS. The molecule has 0 saturated heterocycles. The van der Waals surface area contributed by atoms with Gasteiger partial charge in [0, 0.05) is 17.1 Å². The van der Waals surface area contributed by atoms with Crippen LogP contribution in [0.2, 0.25) is 0 Å². The molecule has 5 heteroatoms. The maximum absolute atomic E-state index is 12.2. The molecule has 0 amide bonds. The second-order valence-corrected chi connectivity index (χ2v) is 6.73. The van der Waals surface area contributed by atoms with Gasteiger partial charge in [-0.25, -0.2) is 0 Å². The Balaban J connectivity index is 1.81. The van der Waals surface area contributed by atoms with Crippen LogP contribution in [-0.2, 0) is 0 Å². The van der Waals surface area contributed by atoms with Gasteiger partial charge in [0.2, 0.25) is 0 Å². The first-order valence-electron chi connectivity index (χ1n) is 7.02. The fraction of sp³-hybridized carbons (Fsp3) is 0.600. The Bertz CT molecular complexity index is 416. The molecule has 20 heavy (non-hydrogen) atoms. The topological polar surface area (TPSA) is 12.0 Å². The number of hydrogen-bond acceptors (Lipinski definition) is 2. The fourth-order valence-electron chi connectivity index (χ4n) is 2.78. The summed E-state index contributed by atoms with van der Waals surface area (Å²) in [4.78, 5) is 0.231. The quantitative estimate of drug-likeness (QED) is 0.733. The van der Waals surface area contributed by atoms with Crippen LogP contribution in [-0.4, -0.2) is 12.1 Å². The standard InChI is InChI=1S/C15H20F3NS/c1-11-3-2-4-12(9-11)10-19-13-5-7-14(8-6-13)20-15(16,17)18/h5-8,11-12,19H,2-4,9-10H2,1H3. The molecule has 1 aliphatic rings. The van der Waals surface area contributed by atoms with Gasteiger partial charge in [-0.2, -0.15) is 13.2 Å². The third-order valence-corrected chi connectivity index (χ3v) is 4.47. The number of hydrogen-bond donors (Lipinski definition) is 1. The lowest BCUT2D eigenvalue weighted by atomic mass is 9.82. The molecule has 1 aromatic carbocycles. The zero-order valence-corrected chi connectivity index (χ0v) is 12.4. The largest absolute Gasteiger partial charge is 0.446 e. The Kier molecular flexibility index (Phi) is 5.24. The molecule has 1 aromatic rings. The number of alkyl halides is 3. The molecule has 1 aliphatic carbocycles. The molecule has 2 atom stereocenters. The van der Waals surface area contributed by atoms with Crippen molar-refractivity contribution >= 4 is 17.4 Å². The van der Waals surface area contributed by atoms with E-state index in [9.17, 15) is 13.2 Å². The van der Waals surface area contributed by atoms with Gasteiger partial charge in [-0.1, -0.05) is 19.8 Å². The van der Waals surface area contributed by atoms with E-state index >= 15 is 0 Å². The molecule has 0 aromatic heterocycles. The minimum absolute atomic E-state index is 0.0719. The highest BCUT2D eigenvalue weighted by molar-refractivity contribution is 8.00. The average molecular weight is 303 g/mol. The zero-order valence-electron chi connectivity index (χ0n) is 11.5. The van der Waals surface area contributed by atoms with Crippen molar-refractivity contribution in [3.05, 3.63) is 24.3 Å². The van der Waals surface area contributed by atoms with Crippen molar-refractivity contribution < 1.29 is 13.2 Å². The van der Waals surface area contributed by atoms with Gasteiger partial charge in [-0.3, -0.25) is 0 Å². The maximum Gasteiger partial charge on any atom is 0.446 e. The van der Waals surface area contributed by atoms with Crippen LogP contribution in [0.25, 0.3) is 0 Å². The molecule has 1 nitrogen and oxygen atoms in total. The van der Waals surface area contributed by atoms with Crippen molar-refractivity contribution in [2.45, 2.75) is 43.0 Å². The van der Waals surface area contributed by atoms with Crippen LogP contribution < -0.4 is 5.32 Å². The second-order valence-electron chi connectivity index (χ2n) is 5.59. The molecule has 0 radical (unpaired) electrons. The van der Waals surface area contributed by atoms with Crippen LogP contribution in [0.3, 0.4) is 0 Å². The normalized spacial score (nSPS) is 23.6. The zero-order chi connectivity index (χ0) is 14.6. The van der Waals surface area contributed by atoms with Gasteiger partial charge in [0.15, 0.2) is 0 Å². The maximum atomic E-state index is 12.2. The van der Waals surface area contributed by atoms with E-state index in [1.165, 1.54) is 37.8 Å². The summed E-state index contributed by atoms with van der Waals surface area (Å²) in [7, 11) is 0. The first-order valence-corrected chi connectivity index (χ1v) is 7.84. The molecule has 0 spiro atoms. The average Bonchev–Trinajstić information content (AvgIpc) is 2.36. The molecular weight excluding hydrogens is 283 g/mol. The minimum Gasteiger partial charge on any atom is -0.385 e. The number of halogens is 3. The van der Waals surface area contributed by atoms with Gasteiger partial charge in [-0.05, 0) is 60.7 Å². The van der Waals surface area contributed by atoms with E-state index in [0.717, 1.165) is 18.2 Å². The van der Waals surface area contributed by atoms with Crippen molar-refractivity contribution in [1.82, 2.24) is 0 Å². The summed E-state index contributed by atoms with van der Waals surface area (Å²) in [5.74, 6) is 1.48. The van der Waals surface area contributed by atoms with Gasteiger partial charge in [-0.15, -0.1) is 0 Å². The van der Waals surface area contributed by atoms with Crippen molar-refractivity contribution in [1.29, 1.82) is 0 Å². The summed E-state index contributed by atoms with van der Waals surface area (Å²) in [6, 6.07) is 6.48. The molecule has 2 unspecified atom stereocenters. The Morgan fingerprint density at radius 2 is 1.90 bits per heavy atom. The third kappa shape index (κ3) is 5.27. The Morgan fingerprint density at radius 3 is 2.50 bits per heavy atom. The summed E-state index contributed by atoms with van der Waals surface area (Å²) in [5.41, 5.74) is -3.32. The highest BCUT2D eigenvalue weighted by Gasteiger charge is 2.29. The van der Waals surface area contributed by atoms with Gasteiger partial charge in [0.25, 0.3) is 0 Å². The van der Waals surface area contributed by atoms with E-state index in [1.807, 2.05) is 0 Å². The molecule has 0 aliphatic heterocycles. The summed E-state index contributed by atoms with van der Waals surface area (Å²) in [5, 5.41) is 3.33. The predicted octanol–water partition coefficient (Wildman–Crippen LogP) is 5.54. The van der Waals surface area contributed by atoms with E-state index in [0.29, 0.717) is 5.92 Å². The Labute approximate surface area is 122 Å². The molecule has 0 bridgehead atoms. The van der Waals surface area contributed by atoms with E-state index in [2.05, 4.69) is 12.2 Å². The van der Waals surface area contributed by atoms with Crippen LogP contribution in [0.4, 0.5) is 18.9 Å². The Morgan fingerprint density at radius 1 is 1.20 bits per heavy atom. The molecule has 2 rings (SSSR count). The van der Waals surface area contributed by atoms with E-state index in [-0.39, 0.29) is 16.7 Å². The second kappa shape index (κ2) is 6.74. The lowest BCUT2D eigenvalue weighted by Gasteiger charge is -2.27. The van der Waals surface area contributed by atoms with Crippen LogP contribution in [0.5, 0.6) is 0 Å².